The molecule has 2 rings (SSSR count). The minimum Gasteiger partial charge on any atom is -0.410 e. The fourth-order valence-electron chi connectivity index (χ4n) is 4.34. The van der Waals surface area contributed by atoms with E-state index in [1.807, 2.05) is 17.4 Å². The summed E-state index contributed by atoms with van der Waals surface area (Å²) in [6.07, 6.45) is 12.8. The van der Waals surface area contributed by atoms with Crippen molar-refractivity contribution < 1.29 is 4.43 Å². The highest BCUT2D eigenvalue weighted by Gasteiger charge is 2.39. The van der Waals surface area contributed by atoms with Gasteiger partial charge in [0.1, 0.15) is 0 Å². The zero-order valence-electron chi connectivity index (χ0n) is 23.4. The first kappa shape index (κ1) is 29.8. The van der Waals surface area contributed by atoms with E-state index in [2.05, 4.69) is 95.7 Å². The van der Waals surface area contributed by atoms with Crippen LogP contribution in [0, 0.1) is 5.92 Å². The highest BCUT2D eigenvalue weighted by Crippen LogP contribution is 2.41. The lowest BCUT2D eigenvalue weighted by molar-refractivity contribution is 0.170. The zero-order chi connectivity index (χ0) is 25.9. The van der Waals surface area contributed by atoms with E-state index in [0.29, 0.717) is 5.92 Å². The molecule has 1 aromatic carbocycles. The molecule has 0 unspecified atom stereocenters. The maximum absolute atomic E-state index is 6.93. The van der Waals surface area contributed by atoms with E-state index < -0.39 is 8.32 Å². The van der Waals surface area contributed by atoms with Gasteiger partial charge in [-0.3, -0.25) is 0 Å². The summed E-state index contributed by atoms with van der Waals surface area (Å²) in [6.45, 7) is 22.5. The predicted octanol–water partition coefficient (Wildman–Crippen LogP) is 11.0. The van der Waals surface area contributed by atoms with E-state index in [1.54, 1.807) is 0 Å². The molecule has 0 aliphatic heterocycles. The van der Waals surface area contributed by atoms with Crippen molar-refractivity contribution in [3.63, 3.8) is 0 Å². The summed E-state index contributed by atoms with van der Waals surface area (Å²) in [7, 11) is -1.84. The van der Waals surface area contributed by atoms with Crippen LogP contribution >= 0.6 is 11.3 Å². The molecule has 1 aromatic heterocycles. The monoisotopic (exact) mass is 510 g/mol. The summed E-state index contributed by atoms with van der Waals surface area (Å²) in [4.78, 5) is 1.48. The fourth-order valence-corrected chi connectivity index (χ4v) is 6.41. The molecule has 0 N–H and O–H groups in total. The topological polar surface area (TPSA) is 9.23 Å². The molecule has 2 aromatic rings. The highest BCUT2D eigenvalue weighted by atomic mass is 32.1. The molecule has 0 amide bonds. The van der Waals surface area contributed by atoms with Gasteiger partial charge >= 0.3 is 0 Å². The predicted molar refractivity (Wildman–Crippen MR) is 161 cm³/mol. The number of aryl methyl sites for hydroxylation is 1. The lowest BCUT2D eigenvalue weighted by atomic mass is 9.85. The average molecular weight is 511 g/mol. The number of hydrogen-bond donors (Lipinski definition) is 0. The lowest BCUT2D eigenvalue weighted by Crippen LogP contribution is -2.41. The molecule has 0 aliphatic carbocycles. The van der Waals surface area contributed by atoms with Crippen LogP contribution in [0.3, 0.4) is 0 Å². The second-order valence-electron chi connectivity index (χ2n) is 11.5. The van der Waals surface area contributed by atoms with Gasteiger partial charge in [-0.15, -0.1) is 17.9 Å². The fraction of sp³-hybridized carbons (Fsp3) is 0.562. The molecule has 0 aliphatic rings. The molecule has 0 spiro atoms. The number of allylic oxidation sites excluding steroid dienone is 2. The summed E-state index contributed by atoms with van der Waals surface area (Å²) >= 11 is 1.87. The van der Waals surface area contributed by atoms with Crippen LogP contribution in [0.2, 0.25) is 18.1 Å². The Hall–Kier alpha value is -1.42. The van der Waals surface area contributed by atoms with E-state index in [4.69, 9.17) is 4.43 Å². The van der Waals surface area contributed by atoms with E-state index in [-0.39, 0.29) is 11.1 Å². The van der Waals surface area contributed by atoms with Crippen molar-refractivity contribution in [2.45, 2.75) is 110 Å². The Labute approximate surface area is 221 Å². The Morgan fingerprint density at radius 2 is 1.74 bits per heavy atom. The molecule has 0 saturated heterocycles. The van der Waals surface area contributed by atoms with Crippen LogP contribution in [0.25, 0.3) is 5.57 Å². The number of hydrogen-bond acceptors (Lipinski definition) is 2. The van der Waals surface area contributed by atoms with Crippen molar-refractivity contribution in [2.75, 3.05) is 0 Å². The van der Waals surface area contributed by atoms with Crippen molar-refractivity contribution in [2.24, 2.45) is 5.92 Å². The van der Waals surface area contributed by atoms with Crippen molar-refractivity contribution >= 4 is 25.2 Å². The zero-order valence-corrected chi connectivity index (χ0v) is 25.2. The van der Waals surface area contributed by atoms with Gasteiger partial charge in [0, 0.05) is 4.88 Å². The van der Waals surface area contributed by atoms with E-state index in [0.717, 1.165) is 19.3 Å². The summed E-state index contributed by atoms with van der Waals surface area (Å²) in [6, 6.07) is 13.6. The summed E-state index contributed by atoms with van der Waals surface area (Å²) in [5.74, 6) is 0.502. The first-order valence-corrected chi connectivity index (χ1v) is 17.5. The SMILES string of the molecule is C=CCC[C@H](CCCc1cccs1)C(=C)c1ccc([C@H](CCCCC)O[Si](C)(C)C(C)(C)C)cc1. The van der Waals surface area contributed by atoms with Crippen LogP contribution in [0.15, 0.2) is 61.0 Å². The number of thiophene rings is 1. The normalized spacial score (nSPS) is 14.0. The van der Waals surface area contributed by atoms with Crippen LogP contribution in [-0.2, 0) is 10.8 Å². The van der Waals surface area contributed by atoms with Gasteiger partial charge in [0.05, 0.1) is 6.10 Å². The Morgan fingerprint density at radius 3 is 2.31 bits per heavy atom. The standard InChI is InChI=1S/C32H50OSSi/c1-9-11-13-20-31(33-35(7,8)32(4,5)6)29-23-21-28(22-24-29)26(3)27(16-12-10-2)17-14-18-30-19-15-25-34-30/h10,15,19,21-25,27,31H,2-3,9,11-14,16-18,20H2,1,4-8H3/t27-,31+/m1/s1. The third-order valence-electron chi connectivity index (χ3n) is 7.73. The van der Waals surface area contributed by atoms with E-state index >= 15 is 0 Å². The van der Waals surface area contributed by atoms with Gasteiger partial charge in [0.25, 0.3) is 0 Å². The molecule has 194 valence electrons. The maximum Gasteiger partial charge on any atom is 0.192 e. The number of unbranched alkanes of at least 4 members (excludes halogenated alkanes) is 2. The van der Waals surface area contributed by atoms with Gasteiger partial charge in [-0.2, -0.15) is 0 Å². The van der Waals surface area contributed by atoms with Crippen molar-refractivity contribution in [3.05, 3.63) is 77.0 Å². The largest absolute Gasteiger partial charge is 0.410 e. The second kappa shape index (κ2) is 14.4. The van der Waals surface area contributed by atoms with Crippen LogP contribution in [0.1, 0.15) is 101 Å². The Balaban J connectivity index is 2.13. The van der Waals surface area contributed by atoms with E-state index in [9.17, 15) is 0 Å². The summed E-state index contributed by atoms with van der Waals surface area (Å²) < 4.78 is 6.93. The molecule has 35 heavy (non-hydrogen) atoms. The van der Waals surface area contributed by atoms with Crippen LogP contribution in [0.5, 0.6) is 0 Å². The third-order valence-corrected chi connectivity index (χ3v) is 13.2. The van der Waals surface area contributed by atoms with Gasteiger partial charge in [-0.1, -0.05) is 89.9 Å². The lowest BCUT2D eigenvalue weighted by Gasteiger charge is -2.39. The minimum absolute atomic E-state index is 0.187. The van der Waals surface area contributed by atoms with Gasteiger partial charge in [0.15, 0.2) is 8.32 Å². The number of rotatable bonds is 16. The molecular weight excluding hydrogens is 461 g/mol. The maximum atomic E-state index is 6.93. The molecule has 0 fully saturated rings. The van der Waals surface area contributed by atoms with Crippen LogP contribution in [0.4, 0.5) is 0 Å². The first-order valence-electron chi connectivity index (χ1n) is 13.7. The summed E-state index contributed by atoms with van der Waals surface area (Å²) in [5, 5.41) is 2.39. The summed E-state index contributed by atoms with van der Waals surface area (Å²) in [5.41, 5.74) is 3.87. The molecular formula is C32H50OSSi. The number of benzene rings is 1. The Kier molecular flexibility index (Phi) is 12.2. The van der Waals surface area contributed by atoms with Gasteiger partial charge < -0.3 is 4.43 Å². The van der Waals surface area contributed by atoms with Crippen molar-refractivity contribution in [1.29, 1.82) is 0 Å². The molecule has 0 radical (unpaired) electrons. The molecule has 1 nitrogen and oxygen atoms in total. The Morgan fingerprint density at radius 1 is 1.03 bits per heavy atom. The van der Waals surface area contributed by atoms with E-state index in [1.165, 1.54) is 60.1 Å². The molecule has 1 heterocycles. The highest BCUT2D eigenvalue weighted by molar-refractivity contribution is 7.09. The van der Waals surface area contributed by atoms with Crippen LogP contribution in [-0.4, -0.2) is 8.32 Å². The Bertz CT molecular complexity index is 873. The van der Waals surface area contributed by atoms with Crippen LogP contribution < -0.4 is 0 Å². The molecule has 3 heteroatoms. The van der Waals surface area contributed by atoms with Crippen molar-refractivity contribution in [3.8, 4) is 0 Å². The third kappa shape index (κ3) is 9.52. The van der Waals surface area contributed by atoms with Gasteiger partial charge in [-0.25, -0.2) is 0 Å². The second-order valence-corrected chi connectivity index (χ2v) is 17.3. The molecule has 2 atom stereocenters. The first-order chi connectivity index (χ1) is 16.6. The smallest absolute Gasteiger partial charge is 0.192 e. The van der Waals surface area contributed by atoms with Gasteiger partial charge in [-0.05, 0) is 90.7 Å². The molecule has 0 saturated carbocycles. The average Bonchev–Trinajstić information content (AvgIpc) is 3.33. The molecule has 0 bridgehead atoms. The quantitative estimate of drug-likeness (QED) is 0.124. The van der Waals surface area contributed by atoms with Gasteiger partial charge in [0.2, 0.25) is 0 Å². The van der Waals surface area contributed by atoms with Crippen molar-refractivity contribution in [1.82, 2.24) is 0 Å². The minimum atomic E-state index is -1.84.